The number of nitrogens with zero attached hydrogens (tertiary/aromatic N) is 5. The van der Waals surface area contributed by atoms with E-state index in [1.54, 1.807) is 17.1 Å². The first kappa shape index (κ1) is 17.7. The Kier molecular flexibility index (Phi) is 4.65. The van der Waals surface area contributed by atoms with E-state index in [4.69, 9.17) is 4.74 Å². The predicted molar refractivity (Wildman–Crippen MR) is 100 cm³/mol. The zero-order chi connectivity index (χ0) is 19.0. The molecule has 0 radical (unpaired) electrons. The van der Waals surface area contributed by atoms with Gasteiger partial charge in [-0.05, 0) is 32.8 Å². The second-order valence-electron chi connectivity index (χ2n) is 6.89. The average Bonchev–Trinajstić information content (AvgIpc) is 3.26. The molecule has 1 aliphatic heterocycles. The molecular weight excluding hydrogens is 344 g/mol. The van der Waals surface area contributed by atoms with Crippen LogP contribution in [0, 0.1) is 6.92 Å². The molecule has 0 saturated carbocycles. The molecule has 1 aliphatic rings. The highest BCUT2D eigenvalue weighted by atomic mass is 16.5. The van der Waals surface area contributed by atoms with E-state index in [-0.39, 0.29) is 18.1 Å². The number of aromatic nitrogens is 5. The van der Waals surface area contributed by atoms with Crippen LogP contribution in [-0.2, 0) is 18.3 Å². The number of imidazole rings is 1. The van der Waals surface area contributed by atoms with Gasteiger partial charge in [0.2, 0.25) is 0 Å². The van der Waals surface area contributed by atoms with E-state index in [2.05, 4.69) is 31.9 Å². The van der Waals surface area contributed by atoms with Crippen LogP contribution in [0.5, 0.6) is 0 Å². The van der Waals surface area contributed by atoms with Crippen molar-refractivity contribution < 1.29 is 9.53 Å². The Bertz CT molecular complexity index is 976. The van der Waals surface area contributed by atoms with Gasteiger partial charge >= 0.3 is 0 Å². The number of nitrogens with one attached hydrogen (secondary N) is 1. The Morgan fingerprint density at radius 3 is 3.07 bits per heavy atom. The van der Waals surface area contributed by atoms with Gasteiger partial charge in [-0.2, -0.15) is 5.10 Å². The molecule has 0 unspecified atom stereocenters. The third kappa shape index (κ3) is 3.21. The van der Waals surface area contributed by atoms with Crippen molar-refractivity contribution >= 4 is 16.9 Å². The molecule has 142 valence electrons. The minimum Gasteiger partial charge on any atom is -0.368 e. The highest BCUT2D eigenvalue weighted by Crippen LogP contribution is 2.28. The van der Waals surface area contributed by atoms with Crippen LogP contribution in [0.25, 0.3) is 11.0 Å². The molecule has 27 heavy (non-hydrogen) atoms. The third-order valence-corrected chi connectivity index (χ3v) is 5.11. The SMILES string of the molecule is CCn1ccnc1[C@H]1OCCC[C@@H]1NC(=O)c1cnc2c(c1)c(C)nn2C. The third-order valence-electron chi connectivity index (χ3n) is 5.11. The summed E-state index contributed by atoms with van der Waals surface area (Å²) < 4.78 is 9.76. The number of carbonyl (C=O) groups is 1. The van der Waals surface area contributed by atoms with E-state index in [1.165, 1.54) is 0 Å². The second kappa shape index (κ2) is 7.11. The van der Waals surface area contributed by atoms with E-state index in [0.29, 0.717) is 12.2 Å². The lowest BCUT2D eigenvalue weighted by atomic mass is 10.0. The number of aryl methyl sites for hydroxylation is 3. The Morgan fingerprint density at radius 1 is 1.41 bits per heavy atom. The smallest absolute Gasteiger partial charge is 0.253 e. The van der Waals surface area contributed by atoms with Crippen molar-refractivity contribution in [3.05, 3.63) is 41.7 Å². The van der Waals surface area contributed by atoms with Crippen LogP contribution in [0.15, 0.2) is 24.7 Å². The van der Waals surface area contributed by atoms with Gasteiger partial charge in [0.15, 0.2) is 5.65 Å². The summed E-state index contributed by atoms with van der Waals surface area (Å²) in [6, 6.07) is 1.73. The first-order valence-corrected chi connectivity index (χ1v) is 9.31. The Labute approximate surface area is 157 Å². The number of fused-ring (bicyclic) bond motifs is 1. The summed E-state index contributed by atoms with van der Waals surface area (Å²) in [5.41, 5.74) is 2.16. The molecule has 8 heteroatoms. The summed E-state index contributed by atoms with van der Waals surface area (Å²) in [5, 5.41) is 8.39. The van der Waals surface area contributed by atoms with Gasteiger partial charge in [0, 0.05) is 44.2 Å². The van der Waals surface area contributed by atoms with Gasteiger partial charge in [-0.1, -0.05) is 0 Å². The lowest BCUT2D eigenvalue weighted by Crippen LogP contribution is -2.43. The largest absolute Gasteiger partial charge is 0.368 e. The number of hydrogen-bond donors (Lipinski definition) is 1. The Morgan fingerprint density at radius 2 is 2.26 bits per heavy atom. The van der Waals surface area contributed by atoms with Crippen molar-refractivity contribution in [3.63, 3.8) is 0 Å². The maximum absolute atomic E-state index is 12.9. The monoisotopic (exact) mass is 368 g/mol. The second-order valence-corrected chi connectivity index (χ2v) is 6.89. The van der Waals surface area contributed by atoms with Crippen molar-refractivity contribution in [3.8, 4) is 0 Å². The van der Waals surface area contributed by atoms with E-state index in [1.807, 2.05) is 26.2 Å². The molecule has 1 fully saturated rings. The van der Waals surface area contributed by atoms with Crippen LogP contribution in [-0.4, -0.2) is 42.9 Å². The summed E-state index contributed by atoms with van der Waals surface area (Å²) in [6.45, 7) is 5.48. The van der Waals surface area contributed by atoms with Gasteiger partial charge in [0.25, 0.3) is 5.91 Å². The molecule has 4 rings (SSSR count). The molecule has 8 nitrogen and oxygen atoms in total. The summed E-state index contributed by atoms with van der Waals surface area (Å²) >= 11 is 0. The number of ether oxygens (including phenoxy) is 1. The van der Waals surface area contributed by atoms with Gasteiger partial charge in [-0.25, -0.2) is 9.97 Å². The van der Waals surface area contributed by atoms with Gasteiger partial charge in [-0.15, -0.1) is 0 Å². The molecule has 0 aromatic carbocycles. The number of rotatable bonds is 4. The van der Waals surface area contributed by atoms with Crippen molar-refractivity contribution in [2.24, 2.45) is 7.05 Å². The molecule has 1 N–H and O–H groups in total. The minimum absolute atomic E-state index is 0.121. The molecule has 4 heterocycles. The molecule has 0 bridgehead atoms. The Balaban J connectivity index is 1.58. The van der Waals surface area contributed by atoms with Crippen molar-refractivity contribution in [2.75, 3.05) is 6.61 Å². The molecule has 3 aromatic rings. The van der Waals surface area contributed by atoms with Crippen LogP contribution >= 0.6 is 0 Å². The maximum atomic E-state index is 12.9. The number of pyridine rings is 1. The quantitative estimate of drug-likeness (QED) is 0.762. The summed E-state index contributed by atoms with van der Waals surface area (Å²) in [4.78, 5) is 21.7. The Hall–Kier alpha value is -2.74. The van der Waals surface area contributed by atoms with Gasteiger partial charge in [0.1, 0.15) is 11.9 Å². The molecule has 0 spiro atoms. The lowest BCUT2D eigenvalue weighted by Gasteiger charge is -2.32. The summed E-state index contributed by atoms with van der Waals surface area (Å²) in [7, 11) is 1.85. The standard InChI is InChI=1S/C19H24N6O2/c1-4-25-8-7-20-18(25)16-15(6-5-9-27-16)22-19(26)13-10-14-12(2)23-24(3)17(14)21-11-13/h7-8,10-11,15-16H,4-6,9H2,1-3H3,(H,22,26)/t15-,16-/m0/s1. The van der Waals surface area contributed by atoms with Crippen LogP contribution in [0.3, 0.4) is 0 Å². The number of hydrogen-bond acceptors (Lipinski definition) is 5. The molecule has 2 atom stereocenters. The van der Waals surface area contributed by atoms with Crippen molar-refractivity contribution in [1.82, 2.24) is 29.6 Å². The average molecular weight is 368 g/mol. The molecule has 3 aromatic heterocycles. The van der Waals surface area contributed by atoms with Crippen molar-refractivity contribution in [2.45, 2.75) is 45.4 Å². The highest BCUT2D eigenvalue weighted by molar-refractivity contribution is 5.97. The molecule has 1 saturated heterocycles. The van der Waals surface area contributed by atoms with Gasteiger partial charge in [-0.3, -0.25) is 9.48 Å². The van der Waals surface area contributed by atoms with E-state index in [0.717, 1.165) is 41.9 Å². The zero-order valence-electron chi connectivity index (χ0n) is 15.8. The van der Waals surface area contributed by atoms with Crippen molar-refractivity contribution in [1.29, 1.82) is 0 Å². The minimum atomic E-state index is -0.241. The van der Waals surface area contributed by atoms with Crippen LogP contribution in [0.4, 0.5) is 0 Å². The first-order valence-electron chi connectivity index (χ1n) is 9.31. The molecule has 1 amide bonds. The van der Waals surface area contributed by atoms with Crippen LogP contribution in [0.1, 0.15) is 47.7 Å². The number of amides is 1. The fraction of sp³-hybridized carbons (Fsp3) is 0.474. The van der Waals surface area contributed by atoms with E-state index >= 15 is 0 Å². The van der Waals surface area contributed by atoms with Gasteiger partial charge in [0.05, 0.1) is 17.3 Å². The van der Waals surface area contributed by atoms with Gasteiger partial charge < -0.3 is 14.6 Å². The topological polar surface area (TPSA) is 86.9 Å². The predicted octanol–water partition coefficient (Wildman–Crippen LogP) is 2.14. The normalized spacial score (nSPS) is 20.1. The molecule has 0 aliphatic carbocycles. The maximum Gasteiger partial charge on any atom is 0.253 e. The lowest BCUT2D eigenvalue weighted by molar-refractivity contribution is -0.0163. The van der Waals surface area contributed by atoms with Crippen LogP contribution in [0.2, 0.25) is 0 Å². The van der Waals surface area contributed by atoms with E-state index < -0.39 is 0 Å². The van der Waals surface area contributed by atoms with Crippen LogP contribution < -0.4 is 5.32 Å². The van der Waals surface area contributed by atoms with E-state index in [9.17, 15) is 4.79 Å². The highest BCUT2D eigenvalue weighted by Gasteiger charge is 2.32. The summed E-state index contributed by atoms with van der Waals surface area (Å²) in [6.07, 6.45) is 6.84. The fourth-order valence-electron chi connectivity index (χ4n) is 3.71. The summed E-state index contributed by atoms with van der Waals surface area (Å²) in [5.74, 6) is 0.710. The fourth-order valence-corrected chi connectivity index (χ4v) is 3.71. The first-order chi connectivity index (χ1) is 13.1. The molecular formula is C19H24N6O2. The zero-order valence-corrected chi connectivity index (χ0v) is 15.8. The number of carbonyl (C=O) groups excluding carboxylic acids is 1.